The minimum absolute atomic E-state index is 0.0185. The zero-order valence-electron chi connectivity index (χ0n) is 17.5. The molecule has 8 nitrogen and oxygen atoms in total. The molecule has 3 aromatic carbocycles. The Hall–Kier alpha value is -4.24. The van der Waals surface area contributed by atoms with Gasteiger partial charge in [0.1, 0.15) is 17.1 Å². The summed E-state index contributed by atoms with van der Waals surface area (Å²) in [6.07, 6.45) is 1.44. The quantitative estimate of drug-likeness (QED) is 0.103. The maximum atomic E-state index is 12.9. The number of halogens is 1. The lowest BCUT2D eigenvalue weighted by atomic mass is 10.0. The van der Waals surface area contributed by atoms with Crippen molar-refractivity contribution in [2.24, 2.45) is 0 Å². The number of nitro benzene ring substituents is 1. The summed E-state index contributed by atoms with van der Waals surface area (Å²) in [5.41, 5.74) is 1.79. The smallest absolute Gasteiger partial charge is 0.379 e. The van der Waals surface area contributed by atoms with Crippen LogP contribution in [0.1, 0.15) is 32.0 Å². The predicted molar refractivity (Wildman–Crippen MR) is 126 cm³/mol. The number of hydrogen-bond donors (Lipinski definition) is 0. The highest BCUT2D eigenvalue weighted by Crippen LogP contribution is 2.38. The second kappa shape index (κ2) is 8.27. The third-order valence-electron chi connectivity index (χ3n) is 5.21. The Bertz CT molecular complexity index is 1550. The largest absolute Gasteiger partial charge is 0.452 e. The topological polar surface area (TPSA) is 109 Å². The Morgan fingerprint density at radius 3 is 2.74 bits per heavy atom. The number of fused-ring (bicyclic) bond motifs is 2. The third-order valence-corrected chi connectivity index (χ3v) is 5.71. The normalized spacial score (nSPS) is 13.7. The highest BCUT2D eigenvalue weighted by Gasteiger charge is 2.30. The summed E-state index contributed by atoms with van der Waals surface area (Å²) in [6, 6.07) is 15.8. The SMILES string of the molecule is Cc1cc(OC(=O)c2cc3cc(Br)ccc3o2)cc2c1C(=O)/C(=C/c1cccc([N+](=O)[O-])c1)O2. The number of rotatable bonds is 4. The first-order valence-electron chi connectivity index (χ1n) is 10.0. The molecule has 4 aromatic rings. The molecule has 0 amide bonds. The number of hydrogen-bond acceptors (Lipinski definition) is 7. The number of non-ortho nitro benzene ring substituents is 1. The maximum Gasteiger partial charge on any atom is 0.379 e. The molecule has 0 spiro atoms. The van der Waals surface area contributed by atoms with Crippen molar-refractivity contribution in [2.45, 2.75) is 6.92 Å². The summed E-state index contributed by atoms with van der Waals surface area (Å²) in [5, 5.41) is 11.8. The van der Waals surface area contributed by atoms with E-state index in [-0.39, 0.29) is 34.5 Å². The van der Waals surface area contributed by atoms with Crippen LogP contribution in [0.2, 0.25) is 0 Å². The number of aryl methyl sites for hydroxylation is 1. The number of ether oxygens (including phenoxy) is 2. The molecule has 0 radical (unpaired) electrons. The van der Waals surface area contributed by atoms with Gasteiger partial charge in [0.2, 0.25) is 11.5 Å². The average Bonchev–Trinajstić information content (AvgIpc) is 3.35. The monoisotopic (exact) mass is 519 g/mol. The van der Waals surface area contributed by atoms with E-state index in [2.05, 4.69) is 15.9 Å². The Morgan fingerprint density at radius 1 is 1.12 bits per heavy atom. The lowest BCUT2D eigenvalue weighted by Gasteiger charge is -2.06. The van der Waals surface area contributed by atoms with E-state index in [4.69, 9.17) is 13.9 Å². The van der Waals surface area contributed by atoms with Crippen molar-refractivity contribution in [1.82, 2.24) is 0 Å². The molecule has 0 saturated carbocycles. The Labute approximate surface area is 200 Å². The van der Waals surface area contributed by atoms with Crippen LogP contribution in [-0.4, -0.2) is 16.7 Å². The van der Waals surface area contributed by atoms with E-state index in [0.717, 1.165) is 9.86 Å². The van der Waals surface area contributed by atoms with Crippen LogP contribution in [-0.2, 0) is 0 Å². The first-order chi connectivity index (χ1) is 16.3. The van der Waals surface area contributed by atoms with E-state index >= 15 is 0 Å². The van der Waals surface area contributed by atoms with Gasteiger partial charge in [-0.05, 0) is 54.5 Å². The lowest BCUT2D eigenvalue weighted by Crippen LogP contribution is -2.07. The number of esters is 1. The van der Waals surface area contributed by atoms with Crippen molar-refractivity contribution in [3.8, 4) is 11.5 Å². The van der Waals surface area contributed by atoms with Gasteiger partial charge in [-0.1, -0.05) is 28.1 Å². The maximum absolute atomic E-state index is 12.9. The fourth-order valence-electron chi connectivity index (χ4n) is 3.69. The van der Waals surface area contributed by atoms with Crippen LogP contribution in [0, 0.1) is 17.0 Å². The Morgan fingerprint density at radius 2 is 1.94 bits per heavy atom. The van der Waals surface area contributed by atoms with Gasteiger partial charge in [0, 0.05) is 28.1 Å². The number of benzene rings is 3. The second-order valence-electron chi connectivity index (χ2n) is 7.59. The van der Waals surface area contributed by atoms with E-state index in [0.29, 0.717) is 22.3 Å². The number of nitrogens with zero attached hydrogens (tertiary/aromatic N) is 1. The van der Waals surface area contributed by atoms with Crippen molar-refractivity contribution >= 4 is 50.4 Å². The molecule has 0 bridgehead atoms. The molecular formula is C25H14BrNO7. The van der Waals surface area contributed by atoms with Gasteiger partial charge in [0.05, 0.1) is 10.5 Å². The van der Waals surface area contributed by atoms with Crippen molar-refractivity contribution in [2.75, 3.05) is 0 Å². The minimum Gasteiger partial charge on any atom is -0.452 e. The molecule has 2 heterocycles. The van der Waals surface area contributed by atoms with Crippen LogP contribution in [0.3, 0.4) is 0 Å². The van der Waals surface area contributed by atoms with Gasteiger partial charge in [-0.2, -0.15) is 0 Å². The molecule has 5 rings (SSSR count). The fourth-order valence-corrected chi connectivity index (χ4v) is 4.07. The average molecular weight is 520 g/mol. The second-order valence-corrected chi connectivity index (χ2v) is 8.50. The lowest BCUT2D eigenvalue weighted by molar-refractivity contribution is -0.384. The zero-order valence-corrected chi connectivity index (χ0v) is 19.1. The van der Waals surface area contributed by atoms with Crippen LogP contribution >= 0.6 is 15.9 Å². The number of nitro groups is 1. The molecule has 0 saturated heterocycles. The summed E-state index contributed by atoms with van der Waals surface area (Å²) < 4.78 is 17.6. The summed E-state index contributed by atoms with van der Waals surface area (Å²) in [5.74, 6) is -0.576. The number of furan rings is 1. The molecule has 1 aliphatic heterocycles. The molecule has 168 valence electrons. The highest BCUT2D eigenvalue weighted by atomic mass is 79.9. The number of ketones is 1. The van der Waals surface area contributed by atoms with Crippen molar-refractivity contribution in [3.63, 3.8) is 0 Å². The molecule has 0 N–H and O–H groups in total. The van der Waals surface area contributed by atoms with Gasteiger partial charge < -0.3 is 13.9 Å². The molecule has 0 fully saturated rings. The van der Waals surface area contributed by atoms with Crippen LogP contribution in [0.15, 0.2) is 75.3 Å². The van der Waals surface area contributed by atoms with Gasteiger partial charge in [-0.3, -0.25) is 14.9 Å². The van der Waals surface area contributed by atoms with Crippen molar-refractivity contribution < 1.29 is 28.4 Å². The van der Waals surface area contributed by atoms with Gasteiger partial charge in [-0.25, -0.2) is 4.79 Å². The van der Waals surface area contributed by atoms with Crippen LogP contribution < -0.4 is 9.47 Å². The van der Waals surface area contributed by atoms with E-state index < -0.39 is 10.9 Å². The molecule has 0 atom stereocenters. The fraction of sp³-hybridized carbons (Fsp3) is 0.0400. The summed E-state index contributed by atoms with van der Waals surface area (Å²) in [6.45, 7) is 1.70. The van der Waals surface area contributed by atoms with Crippen LogP contribution in [0.5, 0.6) is 11.5 Å². The summed E-state index contributed by atoms with van der Waals surface area (Å²) >= 11 is 3.38. The third kappa shape index (κ3) is 3.97. The number of carbonyl (C=O) groups excluding carboxylic acids is 2. The highest BCUT2D eigenvalue weighted by molar-refractivity contribution is 9.10. The molecule has 9 heteroatoms. The predicted octanol–water partition coefficient (Wildman–Crippen LogP) is 6.25. The standard InChI is InChI=1S/C25H14BrNO7/c1-13-7-18(32-25(29)22-11-15-10-16(26)5-6-19(15)33-22)12-20-23(13)24(28)21(34-20)9-14-3-2-4-17(8-14)27(30)31/h2-12H,1H3/b21-9-. The van der Waals surface area contributed by atoms with Gasteiger partial charge in [0.15, 0.2) is 5.76 Å². The molecular weight excluding hydrogens is 506 g/mol. The number of carbonyl (C=O) groups is 2. The molecule has 34 heavy (non-hydrogen) atoms. The zero-order chi connectivity index (χ0) is 24.0. The minimum atomic E-state index is -0.691. The van der Waals surface area contributed by atoms with Gasteiger partial charge in [-0.15, -0.1) is 0 Å². The first kappa shape index (κ1) is 21.6. The molecule has 1 aliphatic rings. The Kier molecular flexibility index (Phi) is 5.25. The molecule has 0 aliphatic carbocycles. The van der Waals surface area contributed by atoms with E-state index in [1.807, 2.05) is 6.07 Å². The first-order valence-corrected chi connectivity index (χ1v) is 10.8. The number of allylic oxidation sites excluding steroid dienone is 1. The van der Waals surface area contributed by atoms with Crippen LogP contribution in [0.4, 0.5) is 5.69 Å². The summed E-state index contributed by atoms with van der Waals surface area (Å²) in [4.78, 5) is 36.0. The molecule has 1 aromatic heterocycles. The van der Waals surface area contributed by atoms with E-state index in [1.165, 1.54) is 30.3 Å². The number of Topliss-reactive ketones (excluding diaryl/α,β-unsaturated/α-hetero) is 1. The summed E-state index contributed by atoms with van der Waals surface area (Å²) in [7, 11) is 0. The van der Waals surface area contributed by atoms with Crippen molar-refractivity contribution in [1.29, 1.82) is 0 Å². The van der Waals surface area contributed by atoms with E-state index in [9.17, 15) is 19.7 Å². The van der Waals surface area contributed by atoms with Gasteiger partial charge >= 0.3 is 5.97 Å². The Balaban J connectivity index is 1.41. The van der Waals surface area contributed by atoms with Gasteiger partial charge in [0.25, 0.3) is 5.69 Å². The van der Waals surface area contributed by atoms with Crippen LogP contribution in [0.25, 0.3) is 17.0 Å². The van der Waals surface area contributed by atoms with Crippen molar-refractivity contribution in [3.05, 3.63) is 103 Å². The molecule has 0 unspecified atom stereocenters. The van der Waals surface area contributed by atoms with E-state index in [1.54, 1.807) is 37.3 Å².